The molecule has 0 spiro atoms. The molecule has 1 aromatic rings. The predicted molar refractivity (Wildman–Crippen MR) is 91.0 cm³/mol. The highest BCUT2D eigenvalue weighted by Gasteiger charge is 2.28. The summed E-state index contributed by atoms with van der Waals surface area (Å²) in [5, 5.41) is 10.5. The lowest BCUT2D eigenvalue weighted by Crippen LogP contribution is -2.45. The molecule has 2 heterocycles. The molecule has 1 amide bonds. The normalized spacial score (nSPS) is 21.7. The number of hydrogen-bond donors (Lipinski definition) is 1. The van der Waals surface area contributed by atoms with Gasteiger partial charge in [-0.2, -0.15) is 0 Å². The fraction of sp³-hybridized carbons (Fsp3) is 0.632. The Morgan fingerprint density at radius 2 is 1.71 bits per heavy atom. The fourth-order valence-corrected chi connectivity index (χ4v) is 3.79. The van der Waals surface area contributed by atoms with E-state index in [2.05, 4.69) is 4.90 Å². The second-order valence-corrected chi connectivity index (χ2v) is 7.05. The van der Waals surface area contributed by atoms with Gasteiger partial charge in [0.1, 0.15) is 5.82 Å². The highest BCUT2D eigenvalue weighted by atomic mass is 19.1. The molecule has 2 fully saturated rings. The van der Waals surface area contributed by atoms with Crippen LogP contribution in [0.2, 0.25) is 0 Å². The molecule has 0 bridgehead atoms. The summed E-state index contributed by atoms with van der Waals surface area (Å²) >= 11 is 0. The van der Waals surface area contributed by atoms with E-state index >= 15 is 0 Å². The molecule has 0 aromatic heterocycles. The first kappa shape index (κ1) is 17.4. The number of hydrogen-bond acceptors (Lipinski definition) is 3. The molecule has 1 aromatic carbocycles. The third kappa shape index (κ3) is 4.33. The summed E-state index contributed by atoms with van der Waals surface area (Å²) in [4.78, 5) is 16.5. The number of nitrogens with zero attached hydrogens (tertiary/aromatic N) is 2. The number of amides is 1. The van der Waals surface area contributed by atoms with E-state index in [1.165, 1.54) is 18.6 Å². The zero-order valence-corrected chi connectivity index (χ0v) is 14.2. The van der Waals surface area contributed by atoms with Gasteiger partial charge in [-0.25, -0.2) is 4.39 Å². The van der Waals surface area contributed by atoms with Gasteiger partial charge in [0.15, 0.2) is 0 Å². The van der Waals surface area contributed by atoms with Crippen LogP contribution in [0.3, 0.4) is 0 Å². The zero-order valence-electron chi connectivity index (χ0n) is 14.2. The average molecular weight is 334 g/mol. The lowest BCUT2D eigenvalue weighted by molar-refractivity contribution is -0.133. The van der Waals surface area contributed by atoms with Crippen molar-refractivity contribution in [3.8, 4) is 0 Å². The van der Waals surface area contributed by atoms with Crippen molar-refractivity contribution in [3.63, 3.8) is 0 Å². The Balaban J connectivity index is 1.46. The van der Waals surface area contributed by atoms with Gasteiger partial charge < -0.3 is 10.0 Å². The number of rotatable bonds is 4. The largest absolute Gasteiger partial charge is 0.388 e. The molecule has 132 valence electrons. The van der Waals surface area contributed by atoms with Gasteiger partial charge >= 0.3 is 0 Å². The SMILES string of the molecule is O=C(CN1CCC(C(O)c2ccc(F)cc2)CC1)N1CCCCC1. The fourth-order valence-electron chi connectivity index (χ4n) is 3.79. The second-order valence-electron chi connectivity index (χ2n) is 7.05. The molecule has 0 radical (unpaired) electrons. The van der Waals surface area contributed by atoms with E-state index in [1.807, 2.05) is 4.90 Å². The molecule has 0 aliphatic carbocycles. The molecule has 0 saturated carbocycles. The first-order valence-corrected chi connectivity index (χ1v) is 9.07. The number of carbonyl (C=O) groups excluding carboxylic acids is 1. The van der Waals surface area contributed by atoms with Crippen molar-refractivity contribution in [3.05, 3.63) is 35.6 Å². The Morgan fingerprint density at radius 3 is 2.33 bits per heavy atom. The van der Waals surface area contributed by atoms with Crippen LogP contribution in [0.25, 0.3) is 0 Å². The maximum absolute atomic E-state index is 13.0. The van der Waals surface area contributed by atoms with Crippen molar-refractivity contribution in [1.82, 2.24) is 9.80 Å². The molecular weight excluding hydrogens is 307 g/mol. The van der Waals surface area contributed by atoms with Crippen LogP contribution in [0.4, 0.5) is 4.39 Å². The average Bonchev–Trinajstić information content (AvgIpc) is 2.63. The van der Waals surface area contributed by atoms with Crippen molar-refractivity contribution >= 4 is 5.91 Å². The van der Waals surface area contributed by atoms with Crippen LogP contribution in [0.1, 0.15) is 43.8 Å². The topological polar surface area (TPSA) is 43.8 Å². The second kappa shape index (κ2) is 8.08. The molecular formula is C19H27FN2O2. The van der Waals surface area contributed by atoms with Crippen LogP contribution in [0.15, 0.2) is 24.3 Å². The molecule has 1 N–H and O–H groups in total. The molecule has 2 aliphatic heterocycles. The Labute approximate surface area is 143 Å². The van der Waals surface area contributed by atoms with Gasteiger partial charge in [-0.3, -0.25) is 9.69 Å². The first-order valence-electron chi connectivity index (χ1n) is 9.07. The summed E-state index contributed by atoms with van der Waals surface area (Å²) < 4.78 is 13.0. The lowest BCUT2D eigenvalue weighted by atomic mass is 9.87. The summed E-state index contributed by atoms with van der Waals surface area (Å²) in [7, 11) is 0. The number of likely N-dealkylation sites (tertiary alicyclic amines) is 2. The molecule has 24 heavy (non-hydrogen) atoms. The predicted octanol–water partition coefficient (Wildman–Crippen LogP) is 2.58. The molecule has 1 unspecified atom stereocenters. The zero-order chi connectivity index (χ0) is 16.9. The molecule has 3 rings (SSSR count). The van der Waals surface area contributed by atoms with Crippen molar-refractivity contribution in [1.29, 1.82) is 0 Å². The first-order chi connectivity index (χ1) is 11.6. The third-order valence-corrected chi connectivity index (χ3v) is 5.36. The number of aliphatic hydroxyl groups excluding tert-OH is 1. The van der Waals surface area contributed by atoms with Crippen molar-refractivity contribution in [2.45, 2.75) is 38.2 Å². The maximum Gasteiger partial charge on any atom is 0.236 e. The van der Waals surface area contributed by atoms with Crippen LogP contribution in [-0.2, 0) is 4.79 Å². The van der Waals surface area contributed by atoms with Gasteiger partial charge in [-0.05, 0) is 68.8 Å². The summed E-state index contributed by atoms with van der Waals surface area (Å²) in [6.07, 6.45) is 4.66. The van der Waals surface area contributed by atoms with Crippen LogP contribution in [0, 0.1) is 11.7 Å². The van der Waals surface area contributed by atoms with Gasteiger partial charge in [-0.15, -0.1) is 0 Å². The number of aliphatic hydroxyl groups is 1. The maximum atomic E-state index is 13.0. The lowest BCUT2D eigenvalue weighted by Gasteiger charge is -2.35. The Bertz CT molecular complexity index is 535. The highest BCUT2D eigenvalue weighted by molar-refractivity contribution is 5.78. The third-order valence-electron chi connectivity index (χ3n) is 5.36. The number of halogens is 1. The van der Waals surface area contributed by atoms with Gasteiger partial charge in [0.05, 0.1) is 12.6 Å². The van der Waals surface area contributed by atoms with E-state index in [-0.39, 0.29) is 17.6 Å². The summed E-state index contributed by atoms with van der Waals surface area (Å²) in [5.74, 6) is 0.140. The Kier molecular flexibility index (Phi) is 5.85. The Hall–Kier alpha value is -1.46. The van der Waals surface area contributed by atoms with Gasteiger partial charge in [0.2, 0.25) is 5.91 Å². The van der Waals surface area contributed by atoms with E-state index in [1.54, 1.807) is 12.1 Å². The van der Waals surface area contributed by atoms with Crippen LogP contribution >= 0.6 is 0 Å². The summed E-state index contributed by atoms with van der Waals surface area (Å²) in [6.45, 7) is 3.97. The monoisotopic (exact) mass is 334 g/mol. The molecule has 1 atom stereocenters. The Morgan fingerprint density at radius 1 is 1.08 bits per heavy atom. The van der Waals surface area contributed by atoms with Gasteiger partial charge in [0, 0.05) is 13.1 Å². The van der Waals surface area contributed by atoms with E-state index in [9.17, 15) is 14.3 Å². The molecule has 2 aliphatic rings. The minimum absolute atomic E-state index is 0.178. The van der Waals surface area contributed by atoms with E-state index < -0.39 is 6.10 Å². The van der Waals surface area contributed by atoms with Crippen molar-refractivity contribution < 1.29 is 14.3 Å². The van der Waals surface area contributed by atoms with E-state index in [0.717, 1.165) is 57.4 Å². The van der Waals surface area contributed by atoms with Crippen LogP contribution in [-0.4, -0.2) is 53.5 Å². The number of piperidine rings is 2. The summed E-state index contributed by atoms with van der Waals surface area (Å²) in [5.41, 5.74) is 0.777. The molecule has 5 heteroatoms. The minimum Gasteiger partial charge on any atom is -0.388 e. The van der Waals surface area contributed by atoms with Gasteiger partial charge in [-0.1, -0.05) is 12.1 Å². The molecule has 2 saturated heterocycles. The van der Waals surface area contributed by atoms with Crippen molar-refractivity contribution in [2.75, 3.05) is 32.7 Å². The quantitative estimate of drug-likeness (QED) is 0.920. The standard InChI is InChI=1S/C19H27FN2O2/c20-17-6-4-15(5-7-17)19(24)16-8-12-21(13-9-16)14-18(23)22-10-2-1-3-11-22/h4-7,16,19,24H,1-3,8-14H2. The summed E-state index contributed by atoms with van der Waals surface area (Å²) in [6, 6.07) is 6.11. The minimum atomic E-state index is -0.550. The van der Waals surface area contributed by atoms with Crippen molar-refractivity contribution in [2.24, 2.45) is 5.92 Å². The van der Waals surface area contributed by atoms with E-state index in [4.69, 9.17) is 0 Å². The van der Waals surface area contributed by atoms with Gasteiger partial charge in [0.25, 0.3) is 0 Å². The number of benzene rings is 1. The number of carbonyl (C=O) groups is 1. The smallest absolute Gasteiger partial charge is 0.236 e. The molecule has 4 nitrogen and oxygen atoms in total. The highest BCUT2D eigenvalue weighted by Crippen LogP contribution is 2.30. The van der Waals surface area contributed by atoms with Crippen LogP contribution < -0.4 is 0 Å². The van der Waals surface area contributed by atoms with E-state index in [0.29, 0.717) is 6.54 Å². The van der Waals surface area contributed by atoms with Crippen LogP contribution in [0.5, 0.6) is 0 Å².